The Balaban J connectivity index is 1.64. The van der Waals surface area contributed by atoms with E-state index in [1.165, 1.54) is 27.1 Å². The molecule has 3 N–H and O–H groups in total. The van der Waals surface area contributed by atoms with Crippen molar-refractivity contribution in [3.63, 3.8) is 0 Å². The molecule has 0 aliphatic carbocycles. The summed E-state index contributed by atoms with van der Waals surface area (Å²) in [5.41, 5.74) is 10.2. The van der Waals surface area contributed by atoms with Gasteiger partial charge in [0.25, 0.3) is 0 Å². The maximum absolute atomic E-state index is 7.37. The minimum Gasteiger partial charge on any atom is -0.317 e. The lowest BCUT2D eigenvalue weighted by atomic mass is 9.79. The SMILES string of the molecule is NC(CNCc1ccccc1)(c1cccc2ccccc12)c1cccc2ccccc12. The molecule has 0 spiro atoms. The fourth-order valence-corrected chi connectivity index (χ4v) is 4.56. The molecule has 0 radical (unpaired) electrons. The number of benzene rings is 5. The van der Waals surface area contributed by atoms with Crippen molar-refractivity contribution < 1.29 is 0 Å². The molecule has 31 heavy (non-hydrogen) atoms. The van der Waals surface area contributed by atoms with E-state index in [4.69, 9.17) is 5.73 Å². The van der Waals surface area contributed by atoms with Crippen LogP contribution in [0.3, 0.4) is 0 Å². The van der Waals surface area contributed by atoms with Crippen molar-refractivity contribution >= 4 is 21.5 Å². The molecule has 0 aliphatic rings. The van der Waals surface area contributed by atoms with Crippen LogP contribution in [0.4, 0.5) is 0 Å². The van der Waals surface area contributed by atoms with Crippen LogP contribution in [0, 0.1) is 0 Å². The van der Waals surface area contributed by atoms with E-state index in [0.29, 0.717) is 6.54 Å². The van der Waals surface area contributed by atoms with Gasteiger partial charge in [0.1, 0.15) is 0 Å². The second-order valence-corrected chi connectivity index (χ2v) is 8.11. The molecule has 0 atom stereocenters. The third kappa shape index (κ3) is 3.72. The van der Waals surface area contributed by atoms with Gasteiger partial charge in [0.2, 0.25) is 0 Å². The van der Waals surface area contributed by atoms with Gasteiger partial charge in [-0.1, -0.05) is 115 Å². The monoisotopic (exact) mass is 402 g/mol. The van der Waals surface area contributed by atoms with E-state index in [2.05, 4.69) is 115 Å². The molecule has 0 unspecified atom stereocenters. The fraction of sp³-hybridized carbons (Fsp3) is 0.103. The van der Waals surface area contributed by atoms with Gasteiger partial charge in [-0.2, -0.15) is 0 Å². The molecular weight excluding hydrogens is 376 g/mol. The second-order valence-electron chi connectivity index (χ2n) is 8.11. The zero-order valence-corrected chi connectivity index (χ0v) is 17.5. The Morgan fingerprint density at radius 1 is 0.548 bits per heavy atom. The predicted molar refractivity (Wildman–Crippen MR) is 131 cm³/mol. The summed E-state index contributed by atoms with van der Waals surface area (Å²) in [6, 6.07) is 40.3. The molecule has 0 bridgehead atoms. The highest BCUT2D eigenvalue weighted by Gasteiger charge is 2.32. The fourth-order valence-electron chi connectivity index (χ4n) is 4.56. The Bertz CT molecular complexity index is 1230. The van der Waals surface area contributed by atoms with Crippen LogP contribution in [0.15, 0.2) is 115 Å². The lowest BCUT2D eigenvalue weighted by molar-refractivity contribution is 0.485. The van der Waals surface area contributed by atoms with Crippen molar-refractivity contribution in [1.82, 2.24) is 5.32 Å². The highest BCUT2D eigenvalue weighted by molar-refractivity contribution is 5.91. The largest absolute Gasteiger partial charge is 0.317 e. The minimum absolute atomic E-state index is 0.629. The van der Waals surface area contributed by atoms with Crippen LogP contribution in [-0.4, -0.2) is 6.54 Å². The number of fused-ring (bicyclic) bond motifs is 2. The Labute approximate surface area is 183 Å². The van der Waals surface area contributed by atoms with Gasteiger partial charge >= 0.3 is 0 Å². The molecule has 0 aromatic heterocycles. The standard InChI is InChI=1S/C29H26N2/c30-29(21-31-20-22-10-2-1-3-11-22,27-18-8-14-23-12-4-6-16-25(23)27)28-19-9-15-24-13-5-7-17-26(24)28/h1-19,31H,20-21,30H2. The average Bonchev–Trinajstić information content (AvgIpc) is 2.84. The van der Waals surface area contributed by atoms with Gasteiger partial charge in [0.15, 0.2) is 0 Å². The van der Waals surface area contributed by atoms with Crippen molar-refractivity contribution in [2.24, 2.45) is 5.73 Å². The van der Waals surface area contributed by atoms with Crippen molar-refractivity contribution in [2.45, 2.75) is 12.1 Å². The van der Waals surface area contributed by atoms with Gasteiger partial charge in [-0.05, 0) is 38.2 Å². The molecule has 0 heterocycles. The lowest BCUT2D eigenvalue weighted by Gasteiger charge is -2.33. The normalized spacial score (nSPS) is 11.8. The molecule has 2 nitrogen and oxygen atoms in total. The third-order valence-electron chi connectivity index (χ3n) is 6.12. The van der Waals surface area contributed by atoms with Gasteiger partial charge in [0, 0.05) is 13.1 Å². The van der Waals surface area contributed by atoms with E-state index in [1.807, 2.05) is 6.07 Å². The zero-order valence-electron chi connectivity index (χ0n) is 17.5. The smallest absolute Gasteiger partial charge is 0.0804 e. The van der Waals surface area contributed by atoms with Crippen LogP contribution in [0.2, 0.25) is 0 Å². The summed E-state index contributed by atoms with van der Waals surface area (Å²) in [6.45, 7) is 1.40. The Kier molecular flexibility index (Phi) is 5.25. The molecule has 152 valence electrons. The first kappa shape index (κ1) is 19.5. The Hall–Kier alpha value is -3.46. The predicted octanol–water partition coefficient (Wildman–Crippen LogP) is 5.99. The van der Waals surface area contributed by atoms with E-state index < -0.39 is 5.54 Å². The van der Waals surface area contributed by atoms with Crippen LogP contribution < -0.4 is 11.1 Å². The number of nitrogens with one attached hydrogen (secondary N) is 1. The van der Waals surface area contributed by atoms with Crippen LogP contribution in [0.1, 0.15) is 16.7 Å². The van der Waals surface area contributed by atoms with Crippen LogP contribution in [0.25, 0.3) is 21.5 Å². The van der Waals surface area contributed by atoms with E-state index >= 15 is 0 Å². The van der Waals surface area contributed by atoms with Crippen LogP contribution in [-0.2, 0) is 12.1 Å². The van der Waals surface area contributed by atoms with Gasteiger partial charge in [0.05, 0.1) is 5.54 Å². The van der Waals surface area contributed by atoms with Crippen molar-refractivity contribution in [3.05, 3.63) is 132 Å². The molecular formula is C29H26N2. The second kappa shape index (κ2) is 8.35. The Morgan fingerprint density at radius 3 is 1.61 bits per heavy atom. The molecule has 0 amide bonds. The van der Waals surface area contributed by atoms with E-state index in [0.717, 1.165) is 17.7 Å². The first-order chi connectivity index (χ1) is 15.3. The summed E-state index contributed by atoms with van der Waals surface area (Å²) in [7, 11) is 0. The topological polar surface area (TPSA) is 38.0 Å². The molecule has 5 rings (SSSR count). The summed E-state index contributed by atoms with van der Waals surface area (Å²) >= 11 is 0. The molecule has 2 heteroatoms. The first-order valence-electron chi connectivity index (χ1n) is 10.8. The van der Waals surface area contributed by atoms with Gasteiger partial charge < -0.3 is 11.1 Å². The van der Waals surface area contributed by atoms with E-state index in [9.17, 15) is 0 Å². The van der Waals surface area contributed by atoms with Gasteiger partial charge in [-0.15, -0.1) is 0 Å². The van der Waals surface area contributed by atoms with Gasteiger partial charge in [-0.3, -0.25) is 0 Å². The quantitative estimate of drug-likeness (QED) is 0.366. The third-order valence-corrected chi connectivity index (χ3v) is 6.12. The van der Waals surface area contributed by atoms with E-state index in [1.54, 1.807) is 0 Å². The number of hydrogen-bond donors (Lipinski definition) is 2. The van der Waals surface area contributed by atoms with Crippen LogP contribution in [0.5, 0.6) is 0 Å². The number of rotatable bonds is 6. The summed E-state index contributed by atoms with van der Waals surface area (Å²) in [5, 5.41) is 8.45. The van der Waals surface area contributed by atoms with Crippen molar-refractivity contribution in [3.8, 4) is 0 Å². The number of nitrogens with two attached hydrogens (primary N) is 1. The molecule has 0 aliphatic heterocycles. The van der Waals surface area contributed by atoms with E-state index in [-0.39, 0.29) is 0 Å². The molecule has 5 aromatic rings. The zero-order chi connectivity index (χ0) is 21.1. The highest BCUT2D eigenvalue weighted by Crippen LogP contribution is 2.36. The summed E-state index contributed by atoms with van der Waals surface area (Å²) < 4.78 is 0. The van der Waals surface area contributed by atoms with Crippen molar-refractivity contribution in [1.29, 1.82) is 0 Å². The molecule has 0 saturated carbocycles. The molecule has 0 saturated heterocycles. The maximum atomic E-state index is 7.37. The van der Waals surface area contributed by atoms with Gasteiger partial charge in [-0.25, -0.2) is 0 Å². The summed E-state index contributed by atoms with van der Waals surface area (Å²) in [6.07, 6.45) is 0. The first-order valence-corrected chi connectivity index (χ1v) is 10.8. The minimum atomic E-state index is -0.684. The van der Waals surface area contributed by atoms with Crippen molar-refractivity contribution in [2.75, 3.05) is 6.54 Å². The number of hydrogen-bond acceptors (Lipinski definition) is 2. The summed E-state index contributed by atoms with van der Waals surface area (Å²) in [5.74, 6) is 0. The molecule has 0 fully saturated rings. The average molecular weight is 403 g/mol. The maximum Gasteiger partial charge on any atom is 0.0804 e. The van der Waals surface area contributed by atoms with Crippen LogP contribution >= 0.6 is 0 Å². The molecule has 5 aromatic carbocycles. The Morgan fingerprint density at radius 2 is 1.03 bits per heavy atom. The summed E-state index contributed by atoms with van der Waals surface area (Å²) in [4.78, 5) is 0. The highest BCUT2D eigenvalue weighted by atomic mass is 14.9. The lowest BCUT2D eigenvalue weighted by Crippen LogP contribution is -2.47.